The van der Waals surface area contributed by atoms with Gasteiger partial charge >= 0.3 is 11.7 Å². The van der Waals surface area contributed by atoms with Gasteiger partial charge in [-0.25, -0.2) is 14.0 Å². The number of nitrogens with one attached hydrogen (secondary N) is 1. The molecule has 0 atom stereocenters. The third-order valence-corrected chi connectivity index (χ3v) is 3.29. The number of imidazole rings is 1. The average molecular weight is 286 g/mol. The van der Waals surface area contributed by atoms with Crippen molar-refractivity contribution in [3.8, 4) is 5.69 Å². The van der Waals surface area contributed by atoms with Crippen LogP contribution in [0.3, 0.4) is 0 Å². The van der Waals surface area contributed by atoms with Gasteiger partial charge in [0.2, 0.25) is 0 Å². The summed E-state index contributed by atoms with van der Waals surface area (Å²) in [6, 6.07) is 8.89. The number of carboxylic acids is 1. The van der Waals surface area contributed by atoms with Crippen molar-refractivity contribution >= 4 is 17.0 Å². The monoisotopic (exact) mass is 286 g/mol. The van der Waals surface area contributed by atoms with E-state index < -0.39 is 17.5 Å². The molecule has 0 aliphatic heterocycles. The third-order valence-electron chi connectivity index (χ3n) is 3.29. The summed E-state index contributed by atoms with van der Waals surface area (Å²) < 4.78 is 15.2. The molecule has 106 valence electrons. The molecule has 0 spiro atoms. The minimum Gasteiger partial charge on any atom is -0.478 e. The Bertz CT molecular complexity index is 924. The second kappa shape index (κ2) is 4.59. The number of aromatic amines is 1. The summed E-state index contributed by atoms with van der Waals surface area (Å²) in [5.41, 5.74) is 0.774. The molecule has 6 heteroatoms. The van der Waals surface area contributed by atoms with Gasteiger partial charge in [-0.05, 0) is 36.8 Å². The number of aryl methyl sites for hydroxylation is 1. The number of carbonyl (C=O) groups is 1. The summed E-state index contributed by atoms with van der Waals surface area (Å²) in [6.07, 6.45) is 0. The fraction of sp³-hybridized carbons (Fsp3) is 0.0667. The zero-order chi connectivity index (χ0) is 15.1. The number of aromatic nitrogens is 2. The topological polar surface area (TPSA) is 75.1 Å². The van der Waals surface area contributed by atoms with Crippen LogP contribution in [-0.2, 0) is 0 Å². The molecule has 0 unspecified atom stereocenters. The Kier molecular flexibility index (Phi) is 2.86. The maximum Gasteiger partial charge on any atom is 0.337 e. The molecule has 3 rings (SSSR count). The molecule has 0 aliphatic carbocycles. The lowest BCUT2D eigenvalue weighted by molar-refractivity contribution is 0.0699. The van der Waals surface area contributed by atoms with Gasteiger partial charge in [-0.15, -0.1) is 0 Å². The Labute approximate surface area is 118 Å². The van der Waals surface area contributed by atoms with Gasteiger partial charge < -0.3 is 10.1 Å². The molecule has 3 aromatic rings. The van der Waals surface area contributed by atoms with Crippen LogP contribution in [0.5, 0.6) is 0 Å². The first kappa shape index (κ1) is 13.1. The second-order valence-electron chi connectivity index (χ2n) is 4.73. The van der Waals surface area contributed by atoms with Gasteiger partial charge in [-0.2, -0.15) is 0 Å². The van der Waals surface area contributed by atoms with Gasteiger partial charge in [0.25, 0.3) is 0 Å². The van der Waals surface area contributed by atoms with Crippen LogP contribution in [0.2, 0.25) is 0 Å². The number of hydrogen-bond acceptors (Lipinski definition) is 2. The number of rotatable bonds is 2. The average Bonchev–Trinajstić information content (AvgIpc) is 2.77. The Morgan fingerprint density at radius 1 is 1.29 bits per heavy atom. The highest BCUT2D eigenvalue weighted by Gasteiger charge is 2.17. The maximum absolute atomic E-state index is 14.0. The molecule has 2 aromatic carbocycles. The molecule has 0 saturated heterocycles. The summed E-state index contributed by atoms with van der Waals surface area (Å²) in [5, 5.41) is 9.15. The molecule has 21 heavy (non-hydrogen) atoms. The van der Waals surface area contributed by atoms with Crippen molar-refractivity contribution in [3.63, 3.8) is 0 Å². The van der Waals surface area contributed by atoms with Gasteiger partial charge in [0.05, 0.1) is 22.3 Å². The van der Waals surface area contributed by atoms with Gasteiger partial charge in [-0.1, -0.05) is 12.1 Å². The van der Waals surface area contributed by atoms with Crippen molar-refractivity contribution < 1.29 is 14.3 Å². The van der Waals surface area contributed by atoms with Gasteiger partial charge in [0.1, 0.15) is 5.82 Å². The first-order valence-corrected chi connectivity index (χ1v) is 6.22. The summed E-state index contributed by atoms with van der Waals surface area (Å²) in [7, 11) is 0. The quantitative estimate of drug-likeness (QED) is 0.760. The lowest BCUT2D eigenvalue weighted by Gasteiger charge is -2.06. The lowest BCUT2D eigenvalue weighted by atomic mass is 10.1. The molecule has 1 aromatic heterocycles. The van der Waals surface area contributed by atoms with E-state index in [2.05, 4.69) is 4.98 Å². The minimum absolute atomic E-state index is 0.0311. The fourth-order valence-electron chi connectivity index (χ4n) is 2.34. The zero-order valence-corrected chi connectivity index (χ0v) is 11.1. The number of hydrogen-bond donors (Lipinski definition) is 2. The van der Waals surface area contributed by atoms with Gasteiger partial charge in [0.15, 0.2) is 0 Å². The van der Waals surface area contributed by atoms with E-state index in [9.17, 15) is 14.0 Å². The van der Waals surface area contributed by atoms with Crippen LogP contribution in [0.1, 0.15) is 15.9 Å². The SMILES string of the molecule is Cc1ccc(F)c(-n2c(=O)[nH]c3c(C(=O)O)cccc32)c1. The van der Waals surface area contributed by atoms with Crippen LogP contribution < -0.4 is 5.69 Å². The second-order valence-corrected chi connectivity index (χ2v) is 4.73. The lowest BCUT2D eigenvalue weighted by Crippen LogP contribution is -2.16. The highest BCUT2D eigenvalue weighted by Crippen LogP contribution is 2.21. The normalized spacial score (nSPS) is 11.0. The molecule has 0 fully saturated rings. The molecule has 0 saturated carbocycles. The number of para-hydroxylation sites is 1. The molecule has 5 nitrogen and oxygen atoms in total. The molecule has 0 radical (unpaired) electrons. The molecular formula is C15H11FN2O3. The van der Waals surface area contributed by atoms with E-state index in [-0.39, 0.29) is 16.8 Å². The van der Waals surface area contributed by atoms with Crippen LogP contribution in [0.15, 0.2) is 41.2 Å². The van der Waals surface area contributed by atoms with Crippen LogP contribution in [0, 0.1) is 12.7 Å². The van der Waals surface area contributed by atoms with Gasteiger partial charge in [0, 0.05) is 0 Å². The largest absolute Gasteiger partial charge is 0.478 e. The van der Waals surface area contributed by atoms with Crippen molar-refractivity contribution in [3.05, 3.63) is 63.8 Å². The summed E-state index contributed by atoms with van der Waals surface area (Å²) >= 11 is 0. The van der Waals surface area contributed by atoms with Crippen molar-refractivity contribution in [2.45, 2.75) is 6.92 Å². The number of H-pyrrole nitrogens is 1. The highest BCUT2D eigenvalue weighted by molar-refractivity contribution is 6.01. The van der Waals surface area contributed by atoms with Crippen LogP contribution >= 0.6 is 0 Å². The number of aromatic carboxylic acids is 1. The number of halogens is 1. The molecule has 1 heterocycles. The number of fused-ring (bicyclic) bond motifs is 1. The first-order valence-electron chi connectivity index (χ1n) is 6.22. The van der Waals surface area contributed by atoms with E-state index in [0.29, 0.717) is 5.52 Å². The van der Waals surface area contributed by atoms with E-state index in [1.54, 1.807) is 19.1 Å². The molecule has 0 aliphatic rings. The van der Waals surface area contributed by atoms with Crippen LogP contribution in [0.25, 0.3) is 16.7 Å². The maximum atomic E-state index is 14.0. The zero-order valence-electron chi connectivity index (χ0n) is 11.1. The molecular weight excluding hydrogens is 275 g/mol. The fourth-order valence-corrected chi connectivity index (χ4v) is 2.34. The summed E-state index contributed by atoms with van der Waals surface area (Å²) in [6.45, 7) is 1.78. The molecule has 0 amide bonds. The first-order chi connectivity index (χ1) is 9.99. The van der Waals surface area contributed by atoms with E-state index >= 15 is 0 Å². The van der Waals surface area contributed by atoms with Crippen LogP contribution in [0.4, 0.5) is 4.39 Å². The Hall–Kier alpha value is -2.89. The third kappa shape index (κ3) is 2.01. The predicted octanol–water partition coefficient (Wildman–Crippen LogP) is 2.46. The Morgan fingerprint density at radius 2 is 2.05 bits per heavy atom. The van der Waals surface area contributed by atoms with E-state index in [1.807, 2.05) is 0 Å². The number of benzene rings is 2. The molecule has 0 bridgehead atoms. The van der Waals surface area contributed by atoms with Crippen molar-refractivity contribution in [2.24, 2.45) is 0 Å². The minimum atomic E-state index is -1.15. The Morgan fingerprint density at radius 3 is 2.76 bits per heavy atom. The van der Waals surface area contributed by atoms with Crippen molar-refractivity contribution in [1.29, 1.82) is 0 Å². The van der Waals surface area contributed by atoms with Crippen molar-refractivity contribution in [1.82, 2.24) is 9.55 Å². The highest BCUT2D eigenvalue weighted by atomic mass is 19.1. The van der Waals surface area contributed by atoms with E-state index in [1.165, 1.54) is 24.3 Å². The van der Waals surface area contributed by atoms with Crippen molar-refractivity contribution in [2.75, 3.05) is 0 Å². The van der Waals surface area contributed by atoms with Gasteiger partial charge in [-0.3, -0.25) is 4.57 Å². The summed E-state index contributed by atoms with van der Waals surface area (Å²) in [5.74, 6) is -1.71. The smallest absolute Gasteiger partial charge is 0.337 e. The Balaban J connectivity index is 2.42. The number of carboxylic acid groups (broad SMARTS) is 1. The molecule has 2 N–H and O–H groups in total. The predicted molar refractivity (Wildman–Crippen MR) is 75.6 cm³/mol. The number of nitrogens with zero attached hydrogens (tertiary/aromatic N) is 1. The van der Waals surface area contributed by atoms with E-state index in [0.717, 1.165) is 10.1 Å². The summed E-state index contributed by atoms with van der Waals surface area (Å²) in [4.78, 5) is 25.8. The van der Waals surface area contributed by atoms with Crippen LogP contribution in [-0.4, -0.2) is 20.6 Å². The standard InChI is InChI=1S/C15H11FN2O3/c1-8-5-6-10(16)12(7-8)18-11-4-2-3-9(14(19)20)13(11)17-15(18)21/h2-7H,1H3,(H,17,21)(H,19,20). The van der Waals surface area contributed by atoms with E-state index in [4.69, 9.17) is 5.11 Å².